The molecule has 2 nitrogen and oxygen atoms in total. The van der Waals surface area contributed by atoms with Crippen molar-refractivity contribution in [3.8, 4) is 0 Å². The second-order valence-electron chi connectivity index (χ2n) is 3.45. The minimum absolute atomic E-state index is 0.124. The smallest absolute Gasteiger partial charge is 0.219 e. The van der Waals surface area contributed by atoms with Crippen molar-refractivity contribution in [1.82, 2.24) is 5.32 Å². The normalized spacial score (nSPS) is 9.86. The molecule has 1 N–H and O–H groups in total. The first kappa shape index (κ1) is 10.8. The van der Waals surface area contributed by atoms with Gasteiger partial charge in [0.15, 0.2) is 0 Å². The van der Waals surface area contributed by atoms with Gasteiger partial charge < -0.3 is 5.32 Å². The first-order chi connectivity index (χ1) is 6.74. The summed E-state index contributed by atoms with van der Waals surface area (Å²) < 4.78 is 0. The van der Waals surface area contributed by atoms with Gasteiger partial charge in [0.05, 0.1) is 0 Å². The summed E-state index contributed by atoms with van der Waals surface area (Å²) in [6.07, 6.45) is 2.52. The number of aryl methyl sites for hydroxylation is 2. The molecular weight excluding hydrogens is 174 g/mol. The van der Waals surface area contributed by atoms with Crippen LogP contribution in [0.5, 0.6) is 0 Å². The third-order valence-electron chi connectivity index (χ3n) is 2.39. The highest BCUT2D eigenvalue weighted by Gasteiger charge is 2.00. The highest BCUT2D eigenvalue weighted by Crippen LogP contribution is 2.10. The highest BCUT2D eigenvalue weighted by molar-refractivity contribution is 5.75. The molecule has 1 amide bonds. The predicted molar refractivity (Wildman–Crippen MR) is 58.2 cm³/mol. The summed E-state index contributed by atoms with van der Waals surface area (Å²) >= 11 is 0. The maximum absolute atomic E-state index is 11.0. The molecule has 0 saturated carbocycles. The summed E-state index contributed by atoms with van der Waals surface area (Å²) in [6, 6.07) is 8.31. The van der Waals surface area contributed by atoms with Gasteiger partial charge in [-0.2, -0.15) is 0 Å². The summed E-state index contributed by atoms with van der Waals surface area (Å²) in [5.74, 6) is 0.124. The van der Waals surface area contributed by atoms with Crippen LogP contribution >= 0.6 is 0 Å². The van der Waals surface area contributed by atoms with Crippen molar-refractivity contribution < 1.29 is 4.79 Å². The Hall–Kier alpha value is -1.31. The van der Waals surface area contributed by atoms with Crippen LogP contribution in [0.3, 0.4) is 0 Å². The molecule has 14 heavy (non-hydrogen) atoms. The molecule has 0 bridgehead atoms. The minimum Gasteiger partial charge on any atom is -0.359 e. The molecule has 2 heteroatoms. The van der Waals surface area contributed by atoms with Crippen LogP contribution in [0.15, 0.2) is 24.3 Å². The Morgan fingerprint density at radius 1 is 1.36 bits per heavy atom. The molecule has 76 valence electrons. The van der Waals surface area contributed by atoms with Gasteiger partial charge in [-0.25, -0.2) is 0 Å². The Morgan fingerprint density at radius 3 is 2.71 bits per heavy atom. The van der Waals surface area contributed by atoms with E-state index in [1.54, 1.807) is 7.05 Å². The fraction of sp³-hybridized carbons (Fsp3) is 0.417. The van der Waals surface area contributed by atoms with Gasteiger partial charge in [-0.3, -0.25) is 4.79 Å². The van der Waals surface area contributed by atoms with E-state index in [-0.39, 0.29) is 5.91 Å². The maximum Gasteiger partial charge on any atom is 0.219 e. The van der Waals surface area contributed by atoms with Gasteiger partial charge >= 0.3 is 0 Å². The molecule has 1 rings (SSSR count). The van der Waals surface area contributed by atoms with Crippen LogP contribution in [0, 0.1) is 6.92 Å². The van der Waals surface area contributed by atoms with E-state index >= 15 is 0 Å². The molecular formula is C12H17NO. The third-order valence-corrected chi connectivity index (χ3v) is 2.39. The van der Waals surface area contributed by atoms with Crippen LogP contribution in [-0.2, 0) is 11.2 Å². The highest BCUT2D eigenvalue weighted by atomic mass is 16.1. The van der Waals surface area contributed by atoms with E-state index in [0.717, 1.165) is 12.8 Å². The zero-order chi connectivity index (χ0) is 10.4. The molecule has 0 fully saturated rings. The summed E-state index contributed by atoms with van der Waals surface area (Å²) in [6.45, 7) is 2.11. The Bertz CT molecular complexity index is 307. The molecule has 0 saturated heterocycles. The maximum atomic E-state index is 11.0. The quantitative estimate of drug-likeness (QED) is 0.775. The number of carbonyl (C=O) groups is 1. The van der Waals surface area contributed by atoms with E-state index in [0.29, 0.717) is 6.42 Å². The summed E-state index contributed by atoms with van der Waals surface area (Å²) in [5, 5.41) is 2.63. The summed E-state index contributed by atoms with van der Waals surface area (Å²) in [5.41, 5.74) is 2.65. The van der Waals surface area contributed by atoms with Crippen LogP contribution in [0.4, 0.5) is 0 Å². The van der Waals surface area contributed by atoms with Crippen molar-refractivity contribution >= 4 is 5.91 Å². The second-order valence-corrected chi connectivity index (χ2v) is 3.45. The van der Waals surface area contributed by atoms with Crippen LogP contribution < -0.4 is 5.32 Å². The number of benzene rings is 1. The Morgan fingerprint density at radius 2 is 2.07 bits per heavy atom. The van der Waals surface area contributed by atoms with Crippen LogP contribution in [0.1, 0.15) is 24.0 Å². The van der Waals surface area contributed by atoms with E-state index in [1.807, 2.05) is 12.1 Å². The summed E-state index contributed by atoms with van der Waals surface area (Å²) in [7, 11) is 1.68. The monoisotopic (exact) mass is 191 g/mol. The van der Waals surface area contributed by atoms with Crippen molar-refractivity contribution in [2.45, 2.75) is 26.2 Å². The Labute approximate surface area is 85.3 Å². The predicted octanol–water partition coefficient (Wildman–Crippen LogP) is 2.06. The van der Waals surface area contributed by atoms with Gasteiger partial charge in [0.2, 0.25) is 5.91 Å². The lowest BCUT2D eigenvalue weighted by Crippen LogP contribution is -2.17. The van der Waals surface area contributed by atoms with E-state index in [1.165, 1.54) is 11.1 Å². The Kier molecular flexibility index (Phi) is 4.17. The number of nitrogens with one attached hydrogen (secondary N) is 1. The minimum atomic E-state index is 0.124. The zero-order valence-corrected chi connectivity index (χ0v) is 8.84. The lowest BCUT2D eigenvalue weighted by Gasteiger charge is -2.04. The van der Waals surface area contributed by atoms with Gasteiger partial charge in [-0.15, -0.1) is 0 Å². The molecule has 0 aliphatic rings. The van der Waals surface area contributed by atoms with Gasteiger partial charge in [0.1, 0.15) is 0 Å². The molecule has 1 aromatic carbocycles. The zero-order valence-electron chi connectivity index (χ0n) is 8.84. The van der Waals surface area contributed by atoms with Gasteiger partial charge in [-0.1, -0.05) is 24.3 Å². The number of rotatable bonds is 4. The Balaban J connectivity index is 2.39. The summed E-state index contributed by atoms with van der Waals surface area (Å²) in [4.78, 5) is 11.0. The molecule has 0 unspecified atom stereocenters. The van der Waals surface area contributed by atoms with E-state index in [9.17, 15) is 4.79 Å². The molecule has 0 spiro atoms. The number of hydrogen-bond donors (Lipinski definition) is 1. The van der Waals surface area contributed by atoms with Crippen LogP contribution in [0.25, 0.3) is 0 Å². The molecule has 0 radical (unpaired) electrons. The first-order valence-electron chi connectivity index (χ1n) is 4.99. The first-order valence-corrected chi connectivity index (χ1v) is 4.99. The lowest BCUT2D eigenvalue weighted by atomic mass is 10.0. The van der Waals surface area contributed by atoms with Crippen molar-refractivity contribution in [3.05, 3.63) is 35.4 Å². The van der Waals surface area contributed by atoms with Crippen LogP contribution in [0.2, 0.25) is 0 Å². The van der Waals surface area contributed by atoms with Crippen LogP contribution in [-0.4, -0.2) is 13.0 Å². The van der Waals surface area contributed by atoms with Gasteiger partial charge in [-0.05, 0) is 30.9 Å². The largest absolute Gasteiger partial charge is 0.359 e. The molecule has 0 heterocycles. The lowest BCUT2D eigenvalue weighted by molar-refractivity contribution is -0.120. The standard InChI is InChI=1S/C12H17NO/c1-10-6-3-4-7-11(10)8-5-9-12(14)13-2/h3-4,6-7H,5,8-9H2,1-2H3,(H,13,14). The number of amides is 1. The molecule has 1 aromatic rings. The van der Waals surface area contributed by atoms with Crippen molar-refractivity contribution in [2.75, 3.05) is 7.05 Å². The van der Waals surface area contributed by atoms with Crippen molar-refractivity contribution in [2.24, 2.45) is 0 Å². The van der Waals surface area contributed by atoms with E-state index in [2.05, 4.69) is 24.4 Å². The van der Waals surface area contributed by atoms with Gasteiger partial charge in [0, 0.05) is 13.5 Å². The molecule has 0 aromatic heterocycles. The van der Waals surface area contributed by atoms with Crippen molar-refractivity contribution in [3.63, 3.8) is 0 Å². The molecule has 0 aliphatic heterocycles. The topological polar surface area (TPSA) is 29.1 Å². The fourth-order valence-electron chi connectivity index (χ4n) is 1.45. The number of hydrogen-bond acceptors (Lipinski definition) is 1. The van der Waals surface area contributed by atoms with Crippen molar-refractivity contribution in [1.29, 1.82) is 0 Å². The van der Waals surface area contributed by atoms with E-state index in [4.69, 9.17) is 0 Å². The number of carbonyl (C=O) groups excluding carboxylic acids is 1. The fourth-order valence-corrected chi connectivity index (χ4v) is 1.45. The second kappa shape index (κ2) is 5.43. The SMILES string of the molecule is CNC(=O)CCCc1ccccc1C. The molecule has 0 aliphatic carbocycles. The third kappa shape index (κ3) is 3.21. The average Bonchev–Trinajstić information content (AvgIpc) is 2.20. The molecule has 0 atom stereocenters. The average molecular weight is 191 g/mol. The van der Waals surface area contributed by atoms with E-state index < -0.39 is 0 Å². The van der Waals surface area contributed by atoms with Gasteiger partial charge in [0.25, 0.3) is 0 Å².